The van der Waals surface area contributed by atoms with Crippen molar-refractivity contribution >= 4 is 17.3 Å². The lowest BCUT2D eigenvalue weighted by atomic mass is 10.3. The Morgan fingerprint density at radius 1 is 1.33 bits per heavy atom. The molecule has 0 bridgehead atoms. The van der Waals surface area contributed by atoms with Crippen molar-refractivity contribution in [1.82, 2.24) is 4.98 Å². The van der Waals surface area contributed by atoms with Crippen LogP contribution in [0.4, 0.5) is 11.4 Å². The molecule has 0 unspecified atom stereocenters. The van der Waals surface area contributed by atoms with Crippen LogP contribution >= 0.6 is 0 Å². The molecule has 2 aromatic rings. The number of H-pyrrole nitrogens is 1. The van der Waals surface area contributed by atoms with Gasteiger partial charge in [-0.1, -0.05) is 12.1 Å². The second-order valence-corrected chi connectivity index (χ2v) is 3.98. The summed E-state index contributed by atoms with van der Waals surface area (Å²) < 4.78 is 5.11. The van der Waals surface area contributed by atoms with Gasteiger partial charge in [-0.25, -0.2) is 0 Å². The Labute approximate surface area is 118 Å². The number of aromatic amines is 1. The molecule has 0 radical (unpaired) electrons. The van der Waals surface area contributed by atoms with Crippen LogP contribution in [0.25, 0.3) is 0 Å². The van der Waals surface area contributed by atoms with E-state index in [1.165, 1.54) is 36.7 Å². The zero-order chi connectivity index (χ0) is 15.2. The van der Waals surface area contributed by atoms with Crippen LogP contribution in [-0.2, 0) is 4.79 Å². The van der Waals surface area contributed by atoms with Gasteiger partial charge in [-0.15, -0.1) is 0 Å². The summed E-state index contributed by atoms with van der Waals surface area (Å²) in [6.07, 6.45) is 2.77. The van der Waals surface area contributed by atoms with Crippen LogP contribution in [0.15, 0.2) is 47.5 Å². The second kappa shape index (κ2) is 6.33. The topological polar surface area (TPSA) is 114 Å². The predicted octanol–water partition coefficient (Wildman–Crippen LogP) is 1.30. The number of para-hydroxylation sites is 2. The Morgan fingerprint density at radius 2 is 2.10 bits per heavy atom. The van der Waals surface area contributed by atoms with E-state index in [9.17, 15) is 19.7 Å². The van der Waals surface area contributed by atoms with E-state index in [4.69, 9.17) is 4.74 Å². The molecule has 108 valence electrons. The third-order valence-corrected chi connectivity index (χ3v) is 2.52. The molecule has 0 atom stereocenters. The summed E-state index contributed by atoms with van der Waals surface area (Å²) in [7, 11) is 0. The highest BCUT2D eigenvalue weighted by atomic mass is 16.6. The molecule has 0 saturated carbocycles. The predicted molar refractivity (Wildman–Crippen MR) is 74.3 cm³/mol. The molecule has 0 aliphatic carbocycles. The maximum atomic E-state index is 11.7. The molecule has 0 spiro atoms. The van der Waals surface area contributed by atoms with E-state index in [1.54, 1.807) is 6.07 Å². The van der Waals surface area contributed by atoms with Crippen LogP contribution in [0.5, 0.6) is 5.75 Å². The molecule has 8 heteroatoms. The van der Waals surface area contributed by atoms with Gasteiger partial charge >= 0.3 is 5.69 Å². The van der Waals surface area contributed by atoms with Crippen molar-refractivity contribution in [2.75, 3.05) is 11.9 Å². The molecule has 0 aliphatic rings. The number of anilines is 1. The van der Waals surface area contributed by atoms with Gasteiger partial charge in [-0.05, 0) is 6.07 Å². The average molecular weight is 289 g/mol. The molecule has 0 aliphatic heterocycles. The number of nitro benzene ring substituents is 1. The summed E-state index contributed by atoms with van der Waals surface area (Å²) in [6.45, 7) is -0.445. The second-order valence-electron chi connectivity index (χ2n) is 3.98. The number of carbonyl (C=O) groups is 1. The largest absolute Gasteiger partial charge is 0.477 e. The van der Waals surface area contributed by atoms with Crippen molar-refractivity contribution in [3.63, 3.8) is 0 Å². The fourth-order valence-corrected chi connectivity index (χ4v) is 1.57. The van der Waals surface area contributed by atoms with Crippen molar-refractivity contribution in [1.29, 1.82) is 0 Å². The van der Waals surface area contributed by atoms with Crippen molar-refractivity contribution in [2.45, 2.75) is 0 Å². The van der Waals surface area contributed by atoms with Crippen molar-refractivity contribution in [3.8, 4) is 5.75 Å². The van der Waals surface area contributed by atoms with Crippen molar-refractivity contribution < 1.29 is 14.5 Å². The average Bonchev–Trinajstić information content (AvgIpc) is 2.48. The molecule has 1 aromatic heterocycles. The number of amides is 1. The lowest BCUT2D eigenvalue weighted by Crippen LogP contribution is -2.23. The maximum Gasteiger partial charge on any atom is 0.310 e. The lowest BCUT2D eigenvalue weighted by Gasteiger charge is -2.07. The summed E-state index contributed by atoms with van der Waals surface area (Å²) in [4.78, 5) is 35.9. The molecular weight excluding hydrogens is 278 g/mol. The number of nitro groups is 1. The number of aromatic nitrogens is 1. The zero-order valence-corrected chi connectivity index (χ0v) is 10.7. The van der Waals surface area contributed by atoms with E-state index in [-0.39, 0.29) is 22.6 Å². The number of benzene rings is 1. The van der Waals surface area contributed by atoms with E-state index < -0.39 is 17.4 Å². The molecule has 2 rings (SSSR count). The van der Waals surface area contributed by atoms with Crippen LogP contribution in [0.1, 0.15) is 0 Å². The minimum absolute atomic E-state index is 0.0142. The molecule has 21 heavy (non-hydrogen) atoms. The maximum absolute atomic E-state index is 11.7. The molecule has 8 nitrogen and oxygen atoms in total. The Balaban J connectivity index is 2.01. The highest BCUT2D eigenvalue weighted by molar-refractivity contribution is 5.91. The number of ether oxygens (including phenoxy) is 1. The number of carbonyl (C=O) groups excluding carboxylic acids is 1. The van der Waals surface area contributed by atoms with E-state index in [0.717, 1.165) is 0 Å². The van der Waals surface area contributed by atoms with Crippen LogP contribution in [0.3, 0.4) is 0 Å². The van der Waals surface area contributed by atoms with Crippen molar-refractivity contribution in [3.05, 3.63) is 63.1 Å². The fraction of sp³-hybridized carbons (Fsp3) is 0.0769. The highest BCUT2D eigenvalue weighted by Crippen LogP contribution is 2.25. The summed E-state index contributed by atoms with van der Waals surface area (Å²) in [5.74, 6) is -0.607. The van der Waals surface area contributed by atoms with E-state index in [1.807, 2.05) is 0 Å². The smallest absolute Gasteiger partial charge is 0.310 e. The van der Waals surface area contributed by atoms with Gasteiger partial charge in [0.05, 0.1) is 4.92 Å². The first-order chi connectivity index (χ1) is 10.1. The monoisotopic (exact) mass is 289 g/mol. The first-order valence-electron chi connectivity index (χ1n) is 5.91. The van der Waals surface area contributed by atoms with Crippen molar-refractivity contribution in [2.24, 2.45) is 0 Å². The highest BCUT2D eigenvalue weighted by Gasteiger charge is 2.15. The van der Waals surface area contributed by atoms with Gasteiger partial charge in [-0.2, -0.15) is 0 Å². The molecule has 1 aromatic carbocycles. The van der Waals surface area contributed by atoms with Gasteiger partial charge in [0.15, 0.2) is 12.4 Å². The van der Waals surface area contributed by atoms with Gasteiger partial charge in [0.2, 0.25) is 5.43 Å². The van der Waals surface area contributed by atoms with Gasteiger partial charge in [0.1, 0.15) is 5.69 Å². The fourth-order valence-electron chi connectivity index (χ4n) is 1.57. The van der Waals surface area contributed by atoms with Gasteiger partial charge in [-0.3, -0.25) is 19.7 Å². The first-order valence-corrected chi connectivity index (χ1v) is 5.91. The third kappa shape index (κ3) is 3.66. The Kier molecular flexibility index (Phi) is 4.30. The summed E-state index contributed by atoms with van der Waals surface area (Å²) in [5, 5.41) is 13.1. The summed E-state index contributed by atoms with van der Waals surface area (Å²) in [6, 6.07) is 6.98. The number of nitrogens with zero attached hydrogens (tertiary/aromatic N) is 1. The molecule has 0 fully saturated rings. The molecule has 1 heterocycles. The number of hydrogen-bond donors (Lipinski definition) is 2. The minimum Gasteiger partial charge on any atom is -0.477 e. The van der Waals surface area contributed by atoms with Crippen LogP contribution in [-0.4, -0.2) is 22.4 Å². The van der Waals surface area contributed by atoms with Crippen LogP contribution < -0.4 is 15.5 Å². The van der Waals surface area contributed by atoms with E-state index in [0.29, 0.717) is 0 Å². The zero-order valence-electron chi connectivity index (χ0n) is 10.7. The van der Waals surface area contributed by atoms with Crippen LogP contribution in [0, 0.1) is 10.1 Å². The SMILES string of the molecule is O=C(COc1ccccc1[N+](=O)[O-])Nc1c[nH]ccc1=O. The summed E-state index contributed by atoms with van der Waals surface area (Å²) >= 11 is 0. The normalized spacial score (nSPS) is 9.90. The third-order valence-electron chi connectivity index (χ3n) is 2.52. The van der Waals surface area contributed by atoms with Crippen LogP contribution in [0.2, 0.25) is 0 Å². The molecule has 1 amide bonds. The Bertz CT molecular complexity index is 725. The van der Waals surface area contributed by atoms with Gasteiger partial charge < -0.3 is 15.0 Å². The first kappa shape index (κ1) is 14.3. The van der Waals surface area contributed by atoms with Gasteiger partial charge in [0.25, 0.3) is 5.91 Å². The van der Waals surface area contributed by atoms with E-state index >= 15 is 0 Å². The number of hydrogen-bond acceptors (Lipinski definition) is 5. The molecule has 0 saturated heterocycles. The van der Waals surface area contributed by atoms with E-state index in [2.05, 4.69) is 10.3 Å². The number of nitrogens with one attached hydrogen (secondary N) is 2. The standard InChI is InChI=1S/C13H11N3O5/c17-11-5-6-14-7-9(11)15-13(18)8-21-12-4-2-1-3-10(12)16(19)20/h1-7H,8H2,(H,14,17)(H,15,18). The van der Waals surface area contributed by atoms with Gasteiger partial charge in [0, 0.05) is 24.5 Å². The Hall–Kier alpha value is -3.16. The molecule has 2 N–H and O–H groups in total. The minimum atomic E-state index is -0.602. The Morgan fingerprint density at radius 3 is 2.81 bits per heavy atom. The lowest BCUT2D eigenvalue weighted by molar-refractivity contribution is -0.385. The number of rotatable bonds is 5. The summed E-state index contributed by atoms with van der Waals surface area (Å²) in [5.41, 5.74) is -0.510. The number of pyridine rings is 1. The quantitative estimate of drug-likeness (QED) is 0.636. The molecular formula is C13H11N3O5.